The van der Waals surface area contributed by atoms with Gasteiger partial charge in [0.25, 0.3) is 0 Å². The van der Waals surface area contributed by atoms with E-state index in [2.05, 4.69) is 12.2 Å². The van der Waals surface area contributed by atoms with Gasteiger partial charge in [-0.15, -0.1) is 11.8 Å². The molecule has 1 amide bonds. The van der Waals surface area contributed by atoms with Gasteiger partial charge in [-0.05, 0) is 31.9 Å². The number of rotatable bonds is 9. The van der Waals surface area contributed by atoms with Crippen LogP contribution in [-0.2, 0) is 9.59 Å². The summed E-state index contributed by atoms with van der Waals surface area (Å²) in [5.74, 6) is 0.0734. The molecule has 0 aromatic rings. The predicted molar refractivity (Wildman–Crippen MR) is 80.5 cm³/mol. The number of amides is 1. The Morgan fingerprint density at radius 2 is 1.89 bits per heavy atom. The van der Waals surface area contributed by atoms with Crippen molar-refractivity contribution in [2.24, 2.45) is 5.92 Å². The summed E-state index contributed by atoms with van der Waals surface area (Å²) in [6.45, 7) is 9.65. The molecule has 0 aromatic carbocycles. The van der Waals surface area contributed by atoms with Crippen LogP contribution in [0.3, 0.4) is 0 Å². The number of carbonyl (C=O) groups is 2. The number of unbranched alkanes of at least 4 members (excludes halogenated alkanes) is 1. The van der Waals surface area contributed by atoms with E-state index in [1.165, 1.54) is 0 Å². The molecular weight excluding hydrogens is 262 g/mol. The number of hydrogen-bond donors (Lipinski definition) is 2. The average Bonchev–Trinajstić information content (AvgIpc) is 2.27. The second-order valence-corrected chi connectivity index (χ2v) is 6.95. The fourth-order valence-electron chi connectivity index (χ4n) is 1.57. The van der Waals surface area contributed by atoms with E-state index in [4.69, 9.17) is 5.11 Å². The van der Waals surface area contributed by atoms with Crippen LogP contribution in [0.2, 0.25) is 0 Å². The fraction of sp³-hybridized carbons (Fsp3) is 0.857. The van der Waals surface area contributed by atoms with Gasteiger partial charge >= 0.3 is 5.97 Å². The largest absolute Gasteiger partial charge is 0.481 e. The Balaban J connectivity index is 4.50. The molecular formula is C14H27NO3S. The summed E-state index contributed by atoms with van der Waals surface area (Å²) >= 11 is 1.62. The van der Waals surface area contributed by atoms with E-state index in [-0.39, 0.29) is 23.5 Å². The standard InChI is InChI=1S/C14H27NO3S/c1-6-7-8-19-11(4)13(18)15-14(5,10(2)3)9-12(16)17/h10-11H,6-9H2,1-5H3,(H,15,18)(H,16,17). The molecule has 0 aliphatic carbocycles. The first-order chi connectivity index (χ1) is 8.73. The third-order valence-electron chi connectivity index (χ3n) is 3.44. The maximum atomic E-state index is 12.1. The third-order valence-corrected chi connectivity index (χ3v) is 4.67. The Kier molecular flexibility index (Phi) is 8.14. The van der Waals surface area contributed by atoms with Crippen molar-refractivity contribution in [3.63, 3.8) is 0 Å². The van der Waals surface area contributed by atoms with Crippen LogP contribution >= 0.6 is 11.8 Å². The summed E-state index contributed by atoms with van der Waals surface area (Å²) in [5.41, 5.74) is -0.692. The Bertz CT molecular complexity index is 307. The lowest BCUT2D eigenvalue weighted by molar-refractivity contribution is -0.139. The second-order valence-electron chi connectivity index (χ2n) is 5.50. The highest BCUT2D eigenvalue weighted by molar-refractivity contribution is 8.00. The van der Waals surface area contributed by atoms with Gasteiger partial charge in [0.15, 0.2) is 0 Å². The van der Waals surface area contributed by atoms with Crippen molar-refractivity contribution in [3.8, 4) is 0 Å². The van der Waals surface area contributed by atoms with E-state index in [1.807, 2.05) is 20.8 Å². The molecule has 0 saturated carbocycles. The second kappa shape index (κ2) is 8.46. The molecule has 0 aliphatic heterocycles. The highest BCUT2D eigenvalue weighted by atomic mass is 32.2. The molecule has 0 aliphatic rings. The predicted octanol–water partition coefficient (Wildman–Crippen LogP) is 2.91. The van der Waals surface area contributed by atoms with E-state index < -0.39 is 11.5 Å². The van der Waals surface area contributed by atoms with Gasteiger partial charge in [0.05, 0.1) is 11.7 Å². The molecule has 0 saturated heterocycles. The zero-order chi connectivity index (χ0) is 15.1. The van der Waals surface area contributed by atoms with Crippen LogP contribution in [0.25, 0.3) is 0 Å². The molecule has 112 valence electrons. The maximum absolute atomic E-state index is 12.1. The average molecular weight is 289 g/mol. The van der Waals surface area contributed by atoms with Crippen LogP contribution in [0.5, 0.6) is 0 Å². The monoisotopic (exact) mass is 289 g/mol. The first-order valence-electron chi connectivity index (χ1n) is 6.88. The first kappa shape index (κ1) is 18.3. The van der Waals surface area contributed by atoms with Crippen LogP contribution in [0.15, 0.2) is 0 Å². The third kappa shape index (κ3) is 6.85. The number of thioether (sulfide) groups is 1. The van der Waals surface area contributed by atoms with E-state index in [1.54, 1.807) is 18.7 Å². The van der Waals surface area contributed by atoms with Gasteiger partial charge in [-0.2, -0.15) is 0 Å². The number of hydrogen-bond acceptors (Lipinski definition) is 3. The zero-order valence-electron chi connectivity index (χ0n) is 12.7. The van der Waals surface area contributed by atoms with Crippen molar-refractivity contribution in [2.75, 3.05) is 5.75 Å². The van der Waals surface area contributed by atoms with Crippen molar-refractivity contribution >= 4 is 23.6 Å². The summed E-state index contributed by atoms with van der Waals surface area (Å²) in [7, 11) is 0. The molecule has 5 heteroatoms. The molecule has 2 N–H and O–H groups in total. The molecule has 0 heterocycles. The van der Waals surface area contributed by atoms with Crippen molar-refractivity contribution in [3.05, 3.63) is 0 Å². The van der Waals surface area contributed by atoms with Gasteiger partial charge < -0.3 is 10.4 Å². The topological polar surface area (TPSA) is 66.4 Å². The number of carboxylic acid groups (broad SMARTS) is 1. The number of carboxylic acids is 1. The van der Waals surface area contributed by atoms with Crippen LogP contribution in [0.1, 0.15) is 53.9 Å². The minimum atomic E-state index is -0.886. The lowest BCUT2D eigenvalue weighted by Gasteiger charge is -2.34. The highest BCUT2D eigenvalue weighted by Crippen LogP contribution is 2.22. The van der Waals surface area contributed by atoms with Crippen LogP contribution in [0, 0.1) is 5.92 Å². The quantitative estimate of drug-likeness (QED) is 0.641. The highest BCUT2D eigenvalue weighted by Gasteiger charge is 2.33. The fourth-order valence-corrected chi connectivity index (χ4v) is 2.59. The minimum absolute atomic E-state index is 0.0528. The van der Waals surface area contributed by atoms with Crippen LogP contribution in [-0.4, -0.2) is 33.5 Å². The molecule has 19 heavy (non-hydrogen) atoms. The molecule has 0 rings (SSSR count). The van der Waals surface area contributed by atoms with Crippen molar-refractivity contribution in [1.82, 2.24) is 5.32 Å². The van der Waals surface area contributed by atoms with E-state index in [9.17, 15) is 9.59 Å². The summed E-state index contributed by atoms with van der Waals surface area (Å²) in [6.07, 6.45) is 2.16. The first-order valence-corrected chi connectivity index (χ1v) is 7.93. The minimum Gasteiger partial charge on any atom is -0.481 e. The van der Waals surface area contributed by atoms with Gasteiger partial charge in [0, 0.05) is 5.54 Å². The van der Waals surface area contributed by atoms with Gasteiger partial charge in [-0.25, -0.2) is 0 Å². The van der Waals surface area contributed by atoms with E-state index >= 15 is 0 Å². The summed E-state index contributed by atoms with van der Waals surface area (Å²) in [4.78, 5) is 23.0. The lowest BCUT2D eigenvalue weighted by atomic mass is 9.85. The number of nitrogens with one attached hydrogen (secondary N) is 1. The van der Waals surface area contributed by atoms with E-state index in [0.29, 0.717) is 0 Å². The van der Waals surface area contributed by atoms with Gasteiger partial charge in [0.1, 0.15) is 0 Å². The normalized spacial score (nSPS) is 15.9. The smallest absolute Gasteiger partial charge is 0.305 e. The van der Waals surface area contributed by atoms with Crippen LogP contribution in [0.4, 0.5) is 0 Å². The maximum Gasteiger partial charge on any atom is 0.305 e. The molecule has 0 fully saturated rings. The Labute approximate surface area is 120 Å². The van der Waals surface area contributed by atoms with Gasteiger partial charge in [-0.3, -0.25) is 9.59 Å². The Morgan fingerprint density at radius 1 is 1.32 bits per heavy atom. The zero-order valence-corrected chi connectivity index (χ0v) is 13.5. The molecule has 2 atom stereocenters. The summed E-state index contributed by atoms with van der Waals surface area (Å²) in [5, 5.41) is 11.7. The van der Waals surface area contributed by atoms with Crippen LogP contribution < -0.4 is 5.32 Å². The van der Waals surface area contributed by atoms with E-state index in [0.717, 1.165) is 18.6 Å². The van der Waals surface area contributed by atoms with Crippen molar-refractivity contribution < 1.29 is 14.7 Å². The number of carbonyl (C=O) groups excluding carboxylic acids is 1. The summed E-state index contributed by atoms with van der Waals surface area (Å²) < 4.78 is 0. The summed E-state index contributed by atoms with van der Waals surface area (Å²) in [6, 6.07) is 0. The molecule has 2 unspecified atom stereocenters. The molecule has 0 spiro atoms. The Morgan fingerprint density at radius 3 is 2.32 bits per heavy atom. The van der Waals surface area contributed by atoms with Gasteiger partial charge in [0.2, 0.25) is 5.91 Å². The Hall–Kier alpha value is -0.710. The molecule has 4 nitrogen and oxygen atoms in total. The van der Waals surface area contributed by atoms with Crippen molar-refractivity contribution in [1.29, 1.82) is 0 Å². The molecule has 0 radical (unpaired) electrons. The van der Waals surface area contributed by atoms with Crippen molar-refractivity contribution in [2.45, 2.75) is 64.7 Å². The SMILES string of the molecule is CCCCSC(C)C(=O)NC(C)(CC(=O)O)C(C)C. The molecule has 0 bridgehead atoms. The molecule has 0 aromatic heterocycles. The lowest BCUT2D eigenvalue weighted by Crippen LogP contribution is -2.53. The number of aliphatic carboxylic acids is 1. The van der Waals surface area contributed by atoms with Gasteiger partial charge in [-0.1, -0.05) is 27.2 Å².